The van der Waals surface area contributed by atoms with Crippen LogP contribution in [0.3, 0.4) is 0 Å². The van der Waals surface area contributed by atoms with Gasteiger partial charge in [0.15, 0.2) is 11.4 Å². The number of ether oxygens (including phenoxy) is 2. The summed E-state index contributed by atoms with van der Waals surface area (Å²) in [5.41, 5.74) is 2.10. The molecule has 0 aliphatic heterocycles. The average molecular weight is 500 g/mol. The first-order valence-corrected chi connectivity index (χ1v) is 11.7. The standard InChI is InChI=1S/C26H25N7O4/c1-16(2)32-15-19(33-11-5-9-28-33)14-22(25(32)35)37-26-29-21-6-7-23(30-24(21)31(26)4)36-20-8-10-27-18(13-20)12-17(3)34/h5-11,13-16H,12H2,1-4H3. The van der Waals surface area contributed by atoms with Crippen LogP contribution in [0.2, 0.25) is 0 Å². The molecule has 0 fully saturated rings. The van der Waals surface area contributed by atoms with Crippen LogP contribution >= 0.6 is 0 Å². The molecule has 0 N–H and O–H groups in total. The van der Waals surface area contributed by atoms with E-state index < -0.39 is 0 Å². The molecule has 5 heterocycles. The van der Waals surface area contributed by atoms with Crippen LogP contribution in [0.15, 0.2) is 66.0 Å². The molecule has 0 bridgehead atoms. The van der Waals surface area contributed by atoms with Crippen molar-refractivity contribution >= 4 is 16.9 Å². The second-order valence-electron chi connectivity index (χ2n) is 8.83. The van der Waals surface area contributed by atoms with Crippen molar-refractivity contribution in [2.45, 2.75) is 33.2 Å². The minimum atomic E-state index is -0.283. The fraction of sp³-hybridized carbons (Fsp3) is 0.231. The minimum absolute atomic E-state index is 0.0157. The molecule has 5 aromatic heterocycles. The van der Waals surface area contributed by atoms with Crippen molar-refractivity contribution < 1.29 is 14.3 Å². The lowest BCUT2D eigenvalue weighted by atomic mass is 10.2. The smallest absolute Gasteiger partial charge is 0.304 e. The Hall–Kier alpha value is -4.80. The monoisotopic (exact) mass is 499 g/mol. The van der Waals surface area contributed by atoms with Crippen LogP contribution in [0, 0.1) is 0 Å². The van der Waals surface area contributed by atoms with Gasteiger partial charge in [-0.15, -0.1) is 0 Å². The second-order valence-corrected chi connectivity index (χ2v) is 8.83. The molecule has 0 spiro atoms. The van der Waals surface area contributed by atoms with Gasteiger partial charge in [0.1, 0.15) is 17.0 Å². The maximum absolute atomic E-state index is 13.1. The highest BCUT2D eigenvalue weighted by Crippen LogP contribution is 2.27. The largest absolute Gasteiger partial charge is 0.439 e. The highest BCUT2D eigenvalue weighted by atomic mass is 16.5. The van der Waals surface area contributed by atoms with Gasteiger partial charge in [-0.05, 0) is 39.0 Å². The van der Waals surface area contributed by atoms with Crippen LogP contribution in [0.4, 0.5) is 0 Å². The molecule has 5 aromatic rings. The molecule has 0 atom stereocenters. The lowest BCUT2D eigenvalue weighted by molar-refractivity contribution is -0.116. The topological polar surface area (TPSA) is 119 Å². The molecular formula is C26H25N7O4. The van der Waals surface area contributed by atoms with Gasteiger partial charge in [0.2, 0.25) is 5.88 Å². The van der Waals surface area contributed by atoms with Crippen molar-refractivity contribution in [3.63, 3.8) is 0 Å². The zero-order valence-electron chi connectivity index (χ0n) is 20.8. The van der Waals surface area contributed by atoms with Crippen molar-refractivity contribution in [1.29, 1.82) is 0 Å². The maximum Gasteiger partial charge on any atom is 0.304 e. The van der Waals surface area contributed by atoms with E-state index in [4.69, 9.17) is 9.47 Å². The van der Waals surface area contributed by atoms with E-state index in [2.05, 4.69) is 20.1 Å². The van der Waals surface area contributed by atoms with E-state index in [1.165, 1.54) is 6.92 Å². The van der Waals surface area contributed by atoms with Crippen molar-refractivity contribution in [2.24, 2.45) is 7.05 Å². The first-order valence-electron chi connectivity index (χ1n) is 11.7. The van der Waals surface area contributed by atoms with Crippen LogP contribution in [-0.4, -0.2) is 39.6 Å². The van der Waals surface area contributed by atoms with E-state index >= 15 is 0 Å². The van der Waals surface area contributed by atoms with Gasteiger partial charge in [-0.25, -0.2) is 4.68 Å². The van der Waals surface area contributed by atoms with Crippen molar-refractivity contribution in [1.82, 2.24) is 33.9 Å². The molecule has 0 unspecified atom stereocenters. The highest BCUT2D eigenvalue weighted by molar-refractivity contribution is 5.77. The number of Topliss-reactive ketones (excluding diaryl/α,β-unsaturated/α-hetero) is 1. The zero-order chi connectivity index (χ0) is 26.1. The van der Waals surface area contributed by atoms with Crippen LogP contribution in [0.1, 0.15) is 32.5 Å². The molecule has 0 radical (unpaired) electrons. The molecule has 5 rings (SSSR count). The number of carbonyl (C=O) groups excluding carboxylic acids is 1. The number of ketones is 1. The third-order valence-electron chi connectivity index (χ3n) is 5.61. The normalized spacial score (nSPS) is 11.3. The first kappa shape index (κ1) is 23.9. The Morgan fingerprint density at radius 3 is 2.65 bits per heavy atom. The fourth-order valence-electron chi connectivity index (χ4n) is 3.83. The summed E-state index contributed by atoms with van der Waals surface area (Å²) in [6.07, 6.45) is 7.02. The summed E-state index contributed by atoms with van der Waals surface area (Å²) < 4.78 is 16.8. The molecule has 0 aromatic carbocycles. The highest BCUT2D eigenvalue weighted by Gasteiger charge is 2.17. The maximum atomic E-state index is 13.1. The second kappa shape index (κ2) is 9.69. The Labute approximate surface area is 212 Å². The average Bonchev–Trinajstić information content (AvgIpc) is 3.49. The number of aryl methyl sites for hydroxylation is 1. The quantitative estimate of drug-likeness (QED) is 0.314. The van der Waals surface area contributed by atoms with Gasteiger partial charge in [-0.3, -0.25) is 19.1 Å². The Morgan fingerprint density at radius 1 is 1.08 bits per heavy atom. The SMILES string of the molecule is CC(=O)Cc1cc(Oc2ccc3nc(Oc4cc(-n5cccn5)cn(C(C)C)c4=O)n(C)c3n2)ccn1. The number of carbonyl (C=O) groups is 1. The van der Waals surface area contributed by atoms with Gasteiger partial charge >= 0.3 is 6.01 Å². The van der Waals surface area contributed by atoms with E-state index in [-0.39, 0.29) is 35.6 Å². The zero-order valence-corrected chi connectivity index (χ0v) is 20.8. The van der Waals surface area contributed by atoms with Gasteiger partial charge in [-0.1, -0.05) is 0 Å². The number of nitrogens with zero attached hydrogens (tertiary/aromatic N) is 7. The lowest BCUT2D eigenvalue weighted by Crippen LogP contribution is -2.23. The van der Waals surface area contributed by atoms with Crippen molar-refractivity contribution in [3.8, 4) is 29.1 Å². The Bertz CT molecular complexity index is 1650. The van der Waals surface area contributed by atoms with Gasteiger partial charge in [0, 0.05) is 62.5 Å². The van der Waals surface area contributed by atoms with E-state index in [0.717, 1.165) is 0 Å². The molecule has 0 saturated heterocycles. The van der Waals surface area contributed by atoms with Crippen LogP contribution in [0.5, 0.6) is 23.4 Å². The minimum Gasteiger partial charge on any atom is -0.439 e. The summed E-state index contributed by atoms with van der Waals surface area (Å²) in [6, 6.07) is 10.4. The molecule has 0 aliphatic carbocycles. The summed E-state index contributed by atoms with van der Waals surface area (Å²) in [6.45, 7) is 5.35. The molecule has 0 aliphatic rings. The fourth-order valence-corrected chi connectivity index (χ4v) is 3.83. The molecule has 0 saturated carbocycles. The van der Waals surface area contributed by atoms with E-state index in [1.807, 2.05) is 13.8 Å². The molecular weight excluding hydrogens is 474 g/mol. The van der Waals surface area contributed by atoms with Gasteiger partial charge in [0.05, 0.1) is 11.4 Å². The summed E-state index contributed by atoms with van der Waals surface area (Å²) in [5.74, 6) is 0.986. The number of aromatic nitrogens is 7. The third-order valence-corrected chi connectivity index (χ3v) is 5.61. The lowest BCUT2D eigenvalue weighted by Gasteiger charge is -2.14. The number of hydrogen-bond donors (Lipinski definition) is 0. The summed E-state index contributed by atoms with van der Waals surface area (Å²) in [4.78, 5) is 37.8. The Kier molecular flexibility index (Phi) is 6.26. The van der Waals surface area contributed by atoms with Crippen LogP contribution in [-0.2, 0) is 18.3 Å². The number of rotatable bonds is 8. The molecule has 11 nitrogen and oxygen atoms in total. The first-order chi connectivity index (χ1) is 17.8. The van der Waals surface area contributed by atoms with Crippen molar-refractivity contribution in [2.75, 3.05) is 0 Å². The molecule has 11 heteroatoms. The summed E-state index contributed by atoms with van der Waals surface area (Å²) >= 11 is 0. The number of fused-ring (bicyclic) bond motifs is 1. The van der Waals surface area contributed by atoms with Crippen LogP contribution < -0.4 is 15.0 Å². The number of pyridine rings is 3. The Balaban J connectivity index is 1.47. The predicted octanol–water partition coefficient (Wildman–Crippen LogP) is 4.01. The van der Waals surface area contributed by atoms with E-state index in [0.29, 0.717) is 34.2 Å². The van der Waals surface area contributed by atoms with E-state index in [1.54, 1.807) is 82.0 Å². The number of imidazole rings is 1. The van der Waals surface area contributed by atoms with Crippen molar-refractivity contribution in [3.05, 3.63) is 77.2 Å². The van der Waals surface area contributed by atoms with Gasteiger partial charge < -0.3 is 14.0 Å². The molecule has 188 valence electrons. The summed E-state index contributed by atoms with van der Waals surface area (Å²) in [5, 5.41) is 4.26. The summed E-state index contributed by atoms with van der Waals surface area (Å²) in [7, 11) is 1.75. The predicted molar refractivity (Wildman–Crippen MR) is 135 cm³/mol. The van der Waals surface area contributed by atoms with Gasteiger partial charge in [0.25, 0.3) is 5.56 Å². The van der Waals surface area contributed by atoms with Gasteiger partial charge in [-0.2, -0.15) is 15.1 Å². The number of hydrogen-bond acceptors (Lipinski definition) is 8. The molecule has 37 heavy (non-hydrogen) atoms. The molecule has 0 amide bonds. The van der Waals surface area contributed by atoms with E-state index in [9.17, 15) is 9.59 Å². The Morgan fingerprint density at radius 2 is 1.92 bits per heavy atom. The van der Waals surface area contributed by atoms with Crippen LogP contribution in [0.25, 0.3) is 16.9 Å². The third kappa shape index (κ3) is 4.96.